The third-order valence-electron chi connectivity index (χ3n) is 4.48. The third kappa shape index (κ3) is 5.93. The summed E-state index contributed by atoms with van der Waals surface area (Å²) in [6.07, 6.45) is 6.39. The van der Waals surface area contributed by atoms with E-state index in [4.69, 9.17) is 0 Å². The number of benzene rings is 1. The van der Waals surface area contributed by atoms with Crippen molar-refractivity contribution in [2.75, 3.05) is 19.6 Å². The molecule has 25 heavy (non-hydrogen) atoms. The topological polar surface area (TPSA) is 65.2 Å². The molecule has 0 aliphatic carbocycles. The molecule has 136 valence electrons. The van der Waals surface area contributed by atoms with Crippen molar-refractivity contribution in [3.05, 3.63) is 36.0 Å². The van der Waals surface area contributed by atoms with E-state index in [1.165, 1.54) is 10.9 Å². The highest BCUT2D eigenvalue weighted by Crippen LogP contribution is 2.17. The monoisotopic (exact) mass is 343 g/mol. The number of carbonyl (C=O) groups excluding carboxylic acids is 2. The van der Waals surface area contributed by atoms with E-state index in [2.05, 4.69) is 23.3 Å². The first-order valence-electron chi connectivity index (χ1n) is 9.19. The van der Waals surface area contributed by atoms with E-state index < -0.39 is 0 Å². The van der Waals surface area contributed by atoms with Crippen LogP contribution in [0.25, 0.3) is 10.9 Å². The quantitative estimate of drug-likeness (QED) is 0.650. The van der Waals surface area contributed by atoms with Crippen LogP contribution >= 0.6 is 0 Å². The molecule has 5 nitrogen and oxygen atoms in total. The molecule has 0 aliphatic rings. The predicted molar refractivity (Wildman–Crippen MR) is 101 cm³/mol. The first-order chi connectivity index (χ1) is 12.1. The van der Waals surface area contributed by atoms with Gasteiger partial charge in [-0.1, -0.05) is 38.0 Å². The van der Waals surface area contributed by atoms with Crippen molar-refractivity contribution in [3.63, 3.8) is 0 Å². The molecule has 0 saturated carbocycles. The highest BCUT2D eigenvalue weighted by atomic mass is 16.2. The summed E-state index contributed by atoms with van der Waals surface area (Å²) >= 11 is 0. The molecule has 0 saturated heterocycles. The van der Waals surface area contributed by atoms with Gasteiger partial charge in [0.25, 0.3) is 0 Å². The lowest BCUT2D eigenvalue weighted by molar-refractivity contribution is -0.129. The second kappa shape index (κ2) is 9.87. The molecule has 2 aromatic rings. The van der Waals surface area contributed by atoms with Crippen LogP contribution in [0.5, 0.6) is 0 Å². The average Bonchev–Trinajstić information content (AvgIpc) is 3.01. The summed E-state index contributed by atoms with van der Waals surface area (Å²) in [6, 6.07) is 8.16. The fraction of sp³-hybridized carbons (Fsp3) is 0.500. The number of hydrogen-bond acceptors (Lipinski definition) is 2. The molecule has 0 fully saturated rings. The van der Waals surface area contributed by atoms with Gasteiger partial charge in [0.05, 0.1) is 0 Å². The molecular weight excluding hydrogens is 314 g/mol. The van der Waals surface area contributed by atoms with Crippen LogP contribution in [0.15, 0.2) is 30.5 Å². The summed E-state index contributed by atoms with van der Waals surface area (Å²) in [5.41, 5.74) is 2.33. The van der Waals surface area contributed by atoms with Crippen LogP contribution in [-0.2, 0) is 16.0 Å². The van der Waals surface area contributed by atoms with Crippen LogP contribution in [0.1, 0.15) is 45.1 Å². The molecule has 0 unspecified atom stereocenters. The minimum Gasteiger partial charge on any atom is -0.361 e. The minimum absolute atomic E-state index is 0.00147. The molecule has 1 aromatic heterocycles. The van der Waals surface area contributed by atoms with Gasteiger partial charge in [0.15, 0.2) is 0 Å². The Bertz CT molecular complexity index is 693. The Morgan fingerprint density at radius 3 is 2.72 bits per heavy atom. The van der Waals surface area contributed by atoms with E-state index in [-0.39, 0.29) is 11.8 Å². The van der Waals surface area contributed by atoms with Gasteiger partial charge >= 0.3 is 0 Å². The number of carbonyl (C=O) groups is 2. The molecule has 1 heterocycles. The zero-order chi connectivity index (χ0) is 18.1. The number of aromatic nitrogens is 1. The first kappa shape index (κ1) is 19.0. The summed E-state index contributed by atoms with van der Waals surface area (Å²) < 4.78 is 0. The molecule has 1 aromatic carbocycles. The fourth-order valence-corrected chi connectivity index (χ4v) is 2.98. The van der Waals surface area contributed by atoms with Crippen LogP contribution in [0.4, 0.5) is 0 Å². The molecule has 5 heteroatoms. The smallest absolute Gasteiger partial charge is 0.221 e. The van der Waals surface area contributed by atoms with Gasteiger partial charge < -0.3 is 15.2 Å². The normalized spacial score (nSPS) is 10.8. The van der Waals surface area contributed by atoms with E-state index in [0.717, 1.165) is 37.7 Å². The Hall–Kier alpha value is -2.30. The van der Waals surface area contributed by atoms with Crippen LogP contribution in [0.3, 0.4) is 0 Å². The SMILES string of the molecule is CCCCCN(CCC(=O)NCCc1c[nH]c2ccccc12)C(C)=O. The van der Waals surface area contributed by atoms with Gasteiger partial charge in [-0.25, -0.2) is 0 Å². The van der Waals surface area contributed by atoms with Crippen molar-refractivity contribution in [2.45, 2.75) is 46.0 Å². The number of unbranched alkanes of at least 4 members (excludes halogenated alkanes) is 2. The lowest BCUT2D eigenvalue weighted by Gasteiger charge is -2.20. The van der Waals surface area contributed by atoms with Crippen molar-refractivity contribution in [1.29, 1.82) is 0 Å². The Balaban J connectivity index is 1.72. The largest absolute Gasteiger partial charge is 0.361 e. The standard InChI is InChI=1S/C20H29N3O2/c1-3-4-7-13-23(16(2)24)14-11-20(25)21-12-10-17-15-22-19-9-6-5-8-18(17)19/h5-6,8-9,15,22H,3-4,7,10-14H2,1-2H3,(H,21,25). The Morgan fingerprint density at radius 2 is 1.96 bits per heavy atom. The van der Waals surface area contributed by atoms with E-state index in [1.54, 1.807) is 11.8 Å². The van der Waals surface area contributed by atoms with Crippen LogP contribution < -0.4 is 5.32 Å². The molecule has 0 aliphatic heterocycles. The summed E-state index contributed by atoms with van der Waals surface area (Å²) in [5, 5.41) is 4.16. The molecule has 2 rings (SSSR count). The highest BCUT2D eigenvalue weighted by molar-refractivity contribution is 5.83. The van der Waals surface area contributed by atoms with Crippen LogP contribution in [0.2, 0.25) is 0 Å². The number of amides is 2. The number of H-pyrrole nitrogens is 1. The molecule has 2 amide bonds. The summed E-state index contributed by atoms with van der Waals surface area (Å²) in [6.45, 7) is 5.56. The maximum atomic E-state index is 12.0. The molecule has 0 spiro atoms. The fourth-order valence-electron chi connectivity index (χ4n) is 2.98. The second-order valence-corrected chi connectivity index (χ2v) is 6.42. The highest BCUT2D eigenvalue weighted by Gasteiger charge is 2.11. The van der Waals surface area contributed by atoms with Crippen LogP contribution in [-0.4, -0.2) is 41.3 Å². The van der Waals surface area contributed by atoms with Gasteiger partial charge in [0.1, 0.15) is 0 Å². The molecule has 0 radical (unpaired) electrons. The number of nitrogens with zero attached hydrogens (tertiary/aromatic N) is 1. The number of aromatic amines is 1. The second-order valence-electron chi connectivity index (χ2n) is 6.42. The number of rotatable bonds is 10. The van der Waals surface area contributed by atoms with Crippen molar-refractivity contribution in [3.8, 4) is 0 Å². The van der Waals surface area contributed by atoms with E-state index in [9.17, 15) is 9.59 Å². The Morgan fingerprint density at radius 1 is 1.16 bits per heavy atom. The summed E-state index contributed by atoms with van der Waals surface area (Å²) in [7, 11) is 0. The van der Waals surface area contributed by atoms with Gasteiger partial charge in [-0.05, 0) is 24.5 Å². The Kier molecular flexibility index (Phi) is 7.51. The van der Waals surface area contributed by atoms with Crippen molar-refractivity contribution in [1.82, 2.24) is 15.2 Å². The van der Waals surface area contributed by atoms with Crippen LogP contribution in [0, 0.1) is 0 Å². The lowest BCUT2D eigenvalue weighted by atomic mass is 10.1. The summed E-state index contributed by atoms with van der Waals surface area (Å²) in [4.78, 5) is 28.7. The van der Waals surface area contributed by atoms with Crippen molar-refractivity contribution < 1.29 is 9.59 Å². The summed E-state index contributed by atoms with van der Waals surface area (Å²) in [5.74, 6) is 0.0456. The number of nitrogens with one attached hydrogen (secondary N) is 2. The number of fused-ring (bicyclic) bond motifs is 1. The van der Waals surface area contributed by atoms with Gasteiger partial charge in [-0.15, -0.1) is 0 Å². The number of para-hydroxylation sites is 1. The van der Waals surface area contributed by atoms with Gasteiger partial charge in [-0.2, -0.15) is 0 Å². The molecular formula is C20H29N3O2. The maximum absolute atomic E-state index is 12.0. The lowest BCUT2D eigenvalue weighted by Crippen LogP contribution is -2.35. The van der Waals surface area contributed by atoms with E-state index in [0.29, 0.717) is 19.5 Å². The molecule has 0 atom stereocenters. The number of hydrogen-bond donors (Lipinski definition) is 2. The zero-order valence-electron chi connectivity index (χ0n) is 15.3. The molecule has 0 bridgehead atoms. The van der Waals surface area contributed by atoms with Crippen molar-refractivity contribution in [2.24, 2.45) is 0 Å². The predicted octanol–water partition coefficient (Wildman–Crippen LogP) is 3.26. The Labute approximate surface area is 149 Å². The van der Waals surface area contributed by atoms with E-state index in [1.807, 2.05) is 24.4 Å². The van der Waals surface area contributed by atoms with Crippen molar-refractivity contribution >= 4 is 22.7 Å². The first-order valence-corrected chi connectivity index (χ1v) is 9.19. The van der Waals surface area contributed by atoms with Gasteiger partial charge in [0.2, 0.25) is 11.8 Å². The van der Waals surface area contributed by atoms with Gasteiger partial charge in [-0.3, -0.25) is 9.59 Å². The minimum atomic E-state index is 0.00147. The zero-order valence-corrected chi connectivity index (χ0v) is 15.3. The molecule has 2 N–H and O–H groups in total. The third-order valence-corrected chi connectivity index (χ3v) is 4.48. The van der Waals surface area contributed by atoms with Gasteiger partial charge in [0, 0.05) is 50.1 Å². The average molecular weight is 343 g/mol. The van der Waals surface area contributed by atoms with E-state index >= 15 is 0 Å². The maximum Gasteiger partial charge on any atom is 0.221 e.